The minimum Gasteiger partial charge on any atom is -0.326 e. The van der Waals surface area contributed by atoms with Crippen LogP contribution in [0.5, 0.6) is 0 Å². The van der Waals surface area contributed by atoms with E-state index in [1.807, 2.05) is 12.1 Å². The molecule has 3 aromatic carbocycles. The summed E-state index contributed by atoms with van der Waals surface area (Å²) in [6.45, 7) is -0.127. The fourth-order valence-corrected chi connectivity index (χ4v) is 3.29. The molecule has 140 valence electrons. The lowest BCUT2D eigenvalue weighted by Crippen LogP contribution is -2.41. The monoisotopic (exact) mass is 380 g/mol. The van der Waals surface area contributed by atoms with Gasteiger partial charge in [0.1, 0.15) is 0 Å². The molecule has 0 atom stereocenters. The van der Waals surface area contributed by atoms with E-state index >= 15 is 0 Å². The number of carbonyl (C=O) groups excluding carboxylic acids is 3. The molecule has 0 bridgehead atoms. The van der Waals surface area contributed by atoms with Gasteiger partial charge in [-0.3, -0.25) is 19.3 Å². The number of amides is 3. The number of hydrogen-bond donors (Lipinski definition) is 1. The number of halogens is 2. The average molecular weight is 380 g/mol. The summed E-state index contributed by atoms with van der Waals surface area (Å²) < 4.78 is 26.2. The van der Waals surface area contributed by atoms with Crippen LogP contribution in [0.3, 0.4) is 0 Å². The second-order valence-electron chi connectivity index (χ2n) is 6.40. The molecule has 3 aromatic rings. The average Bonchev–Trinajstić information content (AvgIpc) is 2.68. The molecule has 1 heterocycles. The zero-order valence-corrected chi connectivity index (χ0v) is 14.5. The van der Waals surface area contributed by atoms with Gasteiger partial charge in [0.05, 0.1) is 0 Å². The Morgan fingerprint density at radius 1 is 0.893 bits per heavy atom. The summed E-state index contributed by atoms with van der Waals surface area (Å²) >= 11 is 0. The first-order valence-corrected chi connectivity index (χ1v) is 8.58. The molecule has 1 aliphatic heterocycles. The van der Waals surface area contributed by atoms with E-state index in [4.69, 9.17) is 0 Å². The summed E-state index contributed by atoms with van der Waals surface area (Å²) in [5.74, 6) is -3.55. The number of hydrogen-bond acceptors (Lipinski definition) is 3. The number of imide groups is 1. The molecule has 7 heteroatoms. The SMILES string of the molecule is O=C(CCN1C(=O)c2cccc3cccc(c23)C1=O)Nc1ccc(F)c(F)c1. The Hall–Kier alpha value is -3.61. The fraction of sp³-hybridized carbons (Fsp3) is 0.0952. The van der Waals surface area contributed by atoms with Crippen LogP contribution in [0.2, 0.25) is 0 Å². The summed E-state index contributed by atoms with van der Waals surface area (Å²) in [6.07, 6.45) is -0.172. The Labute approximate surface area is 158 Å². The summed E-state index contributed by atoms with van der Waals surface area (Å²) in [4.78, 5) is 38.7. The van der Waals surface area contributed by atoms with Gasteiger partial charge in [0, 0.05) is 41.2 Å². The number of benzene rings is 3. The van der Waals surface area contributed by atoms with Crippen molar-refractivity contribution in [2.24, 2.45) is 0 Å². The van der Waals surface area contributed by atoms with Gasteiger partial charge in [-0.05, 0) is 29.7 Å². The minimum atomic E-state index is -1.08. The fourth-order valence-electron chi connectivity index (χ4n) is 3.29. The van der Waals surface area contributed by atoms with Gasteiger partial charge < -0.3 is 5.32 Å². The maximum Gasteiger partial charge on any atom is 0.261 e. The predicted octanol–water partition coefficient (Wildman–Crippen LogP) is 3.74. The topological polar surface area (TPSA) is 66.5 Å². The van der Waals surface area contributed by atoms with Gasteiger partial charge in [-0.25, -0.2) is 8.78 Å². The maximum absolute atomic E-state index is 13.2. The first-order chi connectivity index (χ1) is 13.5. The van der Waals surface area contributed by atoms with E-state index < -0.39 is 29.4 Å². The van der Waals surface area contributed by atoms with Gasteiger partial charge in [-0.1, -0.05) is 24.3 Å². The van der Waals surface area contributed by atoms with E-state index in [0.717, 1.165) is 22.4 Å². The highest BCUT2D eigenvalue weighted by Gasteiger charge is 2.32. The number of nitrogens with one attached hydrogen (secondary N) is 1. The molecule has 0 aliphatic carbocycles. The van der Waals surface area contributed by atoms with Crippen LogP contribution in [-0.2, 0) is 4.79 Å². The maximum atomic E-state index is 13.2. The zero-order chi connectivity index (χ0) is 19.8. The van der Waals surface area contributed by atoms with Crippen molar-refractivity contribution in [2.45, 2.75) is 6.42 Å². The largest absolute Gasteiger partial charge is 0.326 e. The van der Waals surface area contributed by atoms with Gasteiger partial charge in [0.15, 0.2) is 11.6 Å². The van der Waals surface area contributed by atoms with E-state index in [1.54, 1.807) is 24.3 Å². The molecule has 5 nitrogen and oxygen atoms in total. The second kappa shape index (κ2) is 6.84. The van der Waals surface area contributed by atoms with Crippen LogP contribution in [0.1, 0.15) is 27.1 Å². The van der Waals surface area contributed by atoms with Crippen molar-refractivity contribution in [3.63, 3.8) is 0 Å². The number of carbonyl (C=O) groups is 3. The molecular weight excluding hydrogens is 366 g/mol. The van der Waals surface area contributed by atoms with Crippen molar-refractivity contribution in [3.05, 3.63) is 77.4 Å². The highest BCUT2D eigenvalue weighted by atomic mass is 19.2. The molecule has 4 rings (SSSR count). The van der Waals surface area contributed by atoms with E-state index in [-0.39, 0.29) is 18.7 Å². The Morgan fingerprint density at radius 2 is 1.54 bits per heavy atom. The normalized spacial score (nSPS) is 13.1. The zero-order valence-electron chi connectivity index (χ0n) is 14.5. The van der Waals surface area contributed by atoms with Crippen molar-refractivity contribution in [1.82, 2.24) is 4.90 Å². The van der Waals surface area contributed by atoms with Crippen LogP contribution in [0, 0.1) is 11.6 Å². The second-order valence-corrected chi connectivity index (χ2v) is 6.40. The van der Waals surface area contributed by atoms with Crippen molar-refractivity contribution >= 4 is 34.2 Å². The minimum absolute atomic E-state index is 0.0929. The smallest absolute Gasteiger partial charge is 0.261 e. The third-order valence-corrected chi connectivity index (χ3v) is 4.62. The third kappa shape index (κ3) is 3.00. The summed E-state index contributed by atoms with van der Waals surface area (Å²) in [7, 11) is 0. The quantitative estimate of drug-likeness (QED) is 0.701. The van der Waals surface area contributed by atoms with Crippen LogP contribution in [0.15, 0.2) is 54.6 Å². The number of rotatable bonds is 4. The van der Waals surface area contributed by atoms with E-state index in [1.165, 1.54) is 6.07 Å². The van der Waals surface area contributed by atoms with Crippen molar-refractivity contribution < 1.29 is 23.2 Å². The molecule has 0 aromatic heterocycles. The third-order valence-electron chi connectivity index (χ3n) is 4.62. The van der Waals surface area contributed by atoms with Gasteiger partial charge in [-0.15, -0.1) is 0 Å². The Bertz CT molecular complexity index is 1090. The first-order valence-electron chi connectivity index (χ1n) is 8.58. The molecule has 0 spiro atoms. The van der Waals surface area contributed by atoms with Crippen molar-refractivity contribution in [1.29, 1.82) is 0 Å². The van der Waals surface area contributed by atoms with Gasteiger partial charge in [0.25, 0.3) is 11.8 Å². The van der Waals surface area contributed by atoms with Gasteiger partial charge >= 0.3 is 0 Å². The van der Waals surface area contributed by atoms with E-state index in [9.17, 15) is 23.2 Å². The van der Waals surface area contributed by atoms with Crippen LogP contribution in [-0.4, -0.2) is 29.2 Å². The Balaban J connectivity index is 1.51. The molecule has 1 N–H and O–H groups in total. The van der Waals surface area contributed by atoms with Gasteiger partial charge in [-0.2, -0.15) is 0 Å². The van der Waals surface area contributed by atoms with E-state index in [0.29, 0.717) is 16.5 Å². The lowest BCUT2D eigenvalue weighted by atomic mass is 9.94. The lowest BCUT2D eigenvalue weighted by molar-refractivity contribution is -0.116. The predicted molar refractivity (Wildman–Crippen MR) is 98.9 cm³/mol. The molecule has 3 amide bonds. The standard InChI is InChI=1S/C21H14F2N2O3/c22-16-8-7-13(11-17(16)23)24-18(26)9-10-25-20(27)14-5-1-3-12-4-2-6-15(19(12)14)21(25)28/h1-8,11H,9-10H2,(H,24,26). The Kier molecular flexibility index (Phi) is 4.35. The van der Waals surface area contributed by atoms with Crippen molar-refractivity contribution in [2.75, 3.05) is 11.9 Å². The lowest BCUT2D eigenvalue weighted by Gasteiger charge is -2.27. The van der Waals surface area contributed by atoms with Crippen LogP contribution in [0.25, 0.3) is 10.8 Å². The molecule has 0 fully saturated rings. The molecule has 0 radical (unpaired) electrons. The van der Waals surface area contributed by atoms with Gasteiger partial charge in [0.2, 0.25) is 5.91 Å². The molecule has 0 saturated heterocycles. The first kappa shape index (κ1) is 17.8. The van der Waals surface area contributed by atoms with E-state index in [2.05, 4.69) is 5.32 Å². The van der Waals surface area contributed by atoms with Crippen molar-refractivity contribution in [3.8, 4) is 0 Å². The molecular formula is C21H14F2N2O3. The molecule has 0 saturated carbocycles. The molecule has 1 aliphatic rings. The Morgan fingerprint density at radius 3 is 2.14 bits per heavy atom. The summed E-state index contributed by atoms with van der Waals surface area (Å²) in [5, 5.41) is 3.84. The molecule has 0 unspecified atom stereocenters. The van der Waals surface area contributed by atoms with Crippen LogP contribution in [0.4, 0.5) is 14.5 Å². The number of anilines is 1. The molecule has 28 heavy (non-hydrogen) atoms. The summed E-state index contributed by atoms with van der Waals surface area (Å²) in [6, 6.07) is 13.4. The highest BCUT2D eigenvalue weighted by Crippen LogP contribution is 2.30. The number of nitrogens with zero attached hydrogens (tertiary/aromatic N) is 1. The summed E-state index contributed by atoms with van der Waals surface area (Å²) in [5.41, 5.74) is 0.915. The highest BCUT2D eigenvalue weighted by molar-refractivity contribution is 6.25. The van der Waals surface area contributed by atoms with Crippen LogP contribution >= 0.6 is 0 Å². The van der Waals surface area contributed by atoms with Crippen LogP contribution < -0.4 is 5.32 Å².